The van der Waals surface area contributed by atoms with Crippen molar-refractivity contribution in [1.29, 1.82) is 0 Å². The number of hydrogen-bond acceptors (Lipinski definition) is 5. The zero-order valence-corrected chi connectivity index (χ0v) is 13.4. The molecule has 0 atom stereocenters. The van der Waals surface area contributed by atoms with Crippen molar-refractivity contribution in [2.24, 2.45) is 0 Å². The van der Waals surface area contributed by atoms with Crippen LogP contribution < -0.4 is 4.72 Å². The Bertz CT molecular complexity index is 728. The first-order valence-corrected chi connectivity index (χ1v) is 8.14. The predicted molar refractivity (Wildman–Crippen MR) is 78.6 cm³/mol. The molecule has 0 aliphatic heterocycles. The van der Waals surface area contributed by atoms with Gasteiger partial charge < -0.3 is 4.42 Å². The molecule has 21 heavy (non-hydrogen) atoms. The molecule has 0 aliphatic rings. The van der Waals surface area contributed by atoms with Crippen molar-refractivity contribution in [3.63, 3.8) is 0 Å². The Balaban J connectivity index is 2.12. The summed E-state index contributed by atoms with van der Waals surface area (Å²) in [5.41, 5.74) is 2.53. The molecule has 0 saturated heterocycles. The Labute approximate surface area is 124 Å². The lowest BCUT2D eigenvalue weighted by molar-refractivity contribution is 0.466. The number of nitrogens with zero attached hydrogens (tertiary/aromatic N) is 2. The van der Waals surface area contributed by atoms with Crippen molar-refractivity contribution in [3.8, 4) is 0 Å². The zero-order valence-electron chi connectivity index (χ0n) is 12.6. The van der Waals surface area contributed by atoms with E-state index in [0.29, 0.717) is 23.1 Å². The van der Waals surface area contributed by atoms with Crippen LogP contribution in [0.3, 0.4) is 0 Å². The molecule has 0 amide bonds. The topological polar surface area (TPSA) is 85.1 Å². The fraction of sp³-hybridized carbons (Fsp3) is 0.429. The van der Waals surface area contributed by atoms with Gasteiger partial charge in [0.15, 0.2) is 0 Å². The highest BCUT2D eigenvalue weighted by atomic mass is 32.2. The van der Waals surface area contributed by atoms with Crippen LogP contribution in [0.4, 0.5) is 0 Å². The minimum Gasteiger partial charge on any atom is -0.426 e. The Morgan fingerprint density at radius 1 is 1.10 bits per heavy atom. The molecule has 0 fully saturated rings. The highest BCUT2D eigenvalue weighted by Gasteiger charge is 2.19. The maximum absolute atomic E-state index is 12.4. The minimum absolute atomic E-state index is 0.219. The summed E-state index contributed by atoms with van der Waals surface area (Å²) in [6, 6.07) is 3.73. The highest BCUT2D eigenvalue weighted by molar-refractivity contribution is 7.89. The Hall–Kier alpha value is -1.73. The third-order valence-electron chi connectivity index (χ3n) is 3.07. The maximum Gasteiger partial charge on any atom is 0.241 e. The summed E-state index contributed by atoms with van der Waals surface area (Å²) in [5, 5.41) is 7.54. The molecule has 6 nitrogen and oxygen atoms in total. The van der Waals surface area contributed by atoms with Crippen molar-refractivity contribution >= 4 is 10.0 Å². The first-order valence-electron chi connectivity index (χ1n) is 6.66. The molecular formula is C14H19N3O3S. The standard InChI is InChI=1S/C14H19N3O3S/c1-9-7-10(2)14(11(3)8-9)21(18,19)15-6-5-13-17-16-12(4)20-13/h7-8,15H,5-6H2,1-4H3. The first kappa shape index (κ1) is 15.7. The van der Waals surface area contributed by atoms with E-state index >= 15 is 0 Å². The molecule has 1 aromatic carbocycles. The molecule has 0 bridgehead atoms. The second kappa shape index (κ2) is 5.95. The summed E-state index contributed by atoms with van der Waals surface area (Å²) in [5.74, 6) is 0.894. The molecule has 0 aliphatic carbocycles. The summed E-state index contributed by atoms with van der Waals surface area (Å²) in [6.07, 6.45) is 0.365. The summed E-state index contributed by atoms with van der Waals surface area (Å²) >= 11 is 0. The molecule has 7 heteroatoms. The molecule has 0 spiro atoms. The van der Waals surface area contributed by atoms with Gasteiger partial charge in [-0.05, 0) is 31.9 Å². The summed E-state index contributed by atoms with van der Waals surface area (Å²) < 4.78 is 32.6. The fourth-order valence-electron chi connectivity index (χ4n) is 2.39. The number of nitrogens with one attached hydrogen (secondary N) is 1. The average Bonchev–Trinajstić information content (AvgIpc) is 2.72. The lowest BCUT2D eigenvalue weighted by atomic mass is 10.1. The quantitative estimate of drug-likeness (QED) is 0.910. The van der Waals surface area contributed by atoms with Gasteiger partial charge in [-0.25, -0.2) is 13.1 Å². The van der Waals surface area contributed by atoms with E-state index in [1.165, 1.54) is 0 Å². The van der Waals surface area contributed by atoms with Gasteiger partial charge in [0.1, 0.15) is 0 Å². The van der Waals surface area contributed by atoms with Crippen LogP contribution in [-0.4, -0.2) is 25.2 Å². The summed E-state index contributed by atoms with van der Waals surface area (Å²) in [6.45, 7) is 7.46. The van der Waals surface area contributed by atoms with Gasteiger partial charge in [0, 0.05) is 19.9 Å². The lowest BCUT2D eigenvalue weighted by Crippen LogP contribution is -2.27. The van der Waals surface area contributed by atoms with Crippen LogP contribution >= 0.6 is 0 Å². The van der Waals surface area contributed by atoms with Gasteiger partial charge in [-0.15, -0.1) is 10.2 Å². The first-order chi connectivity index (χ1) is 9.79. The molecule has 1 N–H and O–H groups in total. The Morgan fingerprint density at radius 3 is 2.24 bits per heavy atom. The SMILES string of the molecule is Cc1cc(C)c(S(=O)(=O)NCCc2nnc(C)o2)c(C)c1. The van der Waals surface area contributed by atoms with E-state index in [9.17, 15) is 8.42 Å². The molecule has 2 aromatic rings. The van der Waals surface area contributed by atoms with Gasteiger partial charge in [-0.3, -0.25) is 0 Å². The molecule has 0 radical (unpaired) electrons. The van der Waals surface area contributed by atoms with Crippen LogP contribution in [-0.2, 0) is 16.4 Å². The Morgan fingerprint density at radius 2 is 1.71 bits per heavy atom. The second-order valence-electron chi connectivity index (χ2n) is 5.09. The molecule has 2 rings (SSSR count). The lowest BCUT2D eigenvalue weighted by Gasteiger charge is -2.12. The Kier molecular flexibility index (Phi) is 4.43. The monoisotopic (exact) mass is 309 g/mol. The molecule has 0 saturated carbocycles. The third-order valence-corrected chi connectivity index (χ3v) is 4.84. The normalized spacial score (nSPS) is 11.8. The number of sulfonamides is 1. The highest BCUT2D eigenvalue weighted by Crippen LogP contribution is 2.21. The van der Waals surface area contributed by atoms with Crippen LogP contribution in [0.2, 0.25) is 0 Å². The van der Waals surface area contributed by atoms with Crippen LogP contribution in [0, 0.1) is 27.7 Å². The number of aryl methyl sites for hydroxylation is 4. The van der Waals surface area contributed by atoms with Gasteiger partial charge >= 0.3 is 0 Å². The molecule has 1 aromatic heterocycles. The van der Waals surface area contributed by atoms with E-state index < -0.39 is 10.0 Å². The minimum atomic E-state index is -3.54. The number of hydrogen-bond donors (Lipinski definition) is 1. The fourth-order valence-corrected chi connectivity index (χ4v) is 3.87. The van der Waals surface area contributed by atoms with E-state index in [1.54, 1.807) is 20.8 Å². The van der Waals surface area contributed by atoms with E-state index in [0.717, 1.165) is 16.7 Å². The molecule has 114 valence electrons. The predicted octanol–water partition coefficient (Wildman–Crippen LogP) is 1.82. The van der Waals surface area contributed by atoms with E-state index in [4.69, 9.17) is 4.42 Å². The van der Waals surface area contributed by atoms with E-state index in [2.05, 4.69) is 14.9 Å². The zero-order chi connectivity index (χ0) is 15.6. The largest absolute Gasteiger partial charge is 0.426 e. The number of aromatic nitrogens is 2. The summed E-state index contributed by atoms with van der Waals surface area (Å²) in [4.78, 5) is 0.342. The summed E-state index contributed by atoms with van der Waals surface area (Å²) in [7, 11) is -3.54. The second-order valence-corrected chi connectivity index (χ2v) is 6.79. The maximum atomic E-state index is 12.4. The molecule has 0 unspecified atom stereocenters. The van der Waals surface area contributed by atoms with E-state index in [-0.39, 0.29) is 6.54 Å². The van der Waals surface area contributed by atoms with Crippen LogP contribution in [0.15, 0.2) is 21.4 Å². The van der Waals surface area contributed by atoms with E-state index in [1.807, 2.05) is 19.1 Å². The van der Waals surface area contributed by atoms with Gasteiger partial charge in [0.05, 0.1) is 4.90 Å². The van der Waals surface area contributed by atoms with Crippen LogP contribution in [0.25, 0.3) is 0 Å². The van der Waals surface area contributed by atoms with Crippen molar-refractivity contribution in [2.45, 2.75) is 39.0 Å². The van der Waals surface area contributed by atoms with Gasteiger partial charge in [0.25, 0.3) is 0 Å². The van der Waals surface area contributed by atoms with Crippen LogP contribution in [0.1, 0.15) is 28.5 Å². The van der Waals surface area contributed by atoms with Crippen molar-refractivity contribution < 1.29 is 12.8 Å². The molecule has 1 heterocycles. The van der Waals surface area contributed by atoms with Gasteiger partial charge in [0.2, 0.25) is 21.8 Å². The van der Waals surface area contributed by atoms with Crippen molar-refractivity contribution in [2.75, 3.05) is 6.54 Å². The van der Waals surface area contributed by atoms with Gasteiger partial charge in [-0.1, -0.05) is 17.7 Å². The van der Waals surface area contributed by atoms with Crippen LogP contribution in [0.5, 0.6) is 0 Å². The van der Waals surface area contributed by atoms with Gasteiger partial charge in [-0.2, -0.15) is 0 Å². The number of benzene rings is 1. The smallest absolute Gasteiger partial charge is 0.241 e. The third kappa shape index (κ3) is 3.68. The number of rotatable bonds is 5. The van der Waals surface area contributed by atoms with Crippen molar-refractivity contribution in [3.05, 3.63) is 40.6 Å². The average molecular weight is 309 g/mol. The molecular weight excluding hydrogens is 290 g/mol. The van der Waals surface area contributed by atoms with Crippen molar-refractivity contribution in [1.82, 2.24) is 14.9 Å².